The summed E-state index contributed by atoms with van der Waals surface area (Å²) in [5, 5.41) is 3.42. The maximum Gasteiger partial charge on any atom is 0.410 e. The molecule has 0 aliphatic carbocycles. The van der Waals surface area contributed by atoms with Crippen molar-refractivity contribution in [2.24, 2.45) is 5.92 Å². The van der Waals surface area contributed by atoms with Gasteiger partial charge >= 0.3 is 6.09 Å². The smallest absolute Gasteiger partial charge is 0.410 e. The molecule has 0 radical (unpaired) electrons. The third-order valence-electron chi connectivity index (χ3n) is 2.88. The quantitative estimate of drug-likeness (QED) is 0.656. The number of ether oxygens (including phenoxy) is 1. The molecule has 15 heavy (non-hydrogen) atoms. The van der Waals surface area contributed by atoms with E-state index in [1.165, 1.54) is 6.42 Å². The molecule has 0 aromatic rings. The van der Waals surface area contributed by atoms with Crippen LogP contribution in [0.3, 0.4) is 0 Å². The van der Waals surface area contributed by atoms with Gasteiger partial charge in [-0.1, -0.05) is 0 Å². The van der Waals surface area contributed by atoms with Crippen LogP contribution in [-0.4, -0.2) is 42.3 Å². The number of piperidine rings is 1. The van der Waals surface area contributed by atoms with Crippen LogP contribution in [0.25, 0.3) is 0 Å². The molecule has 0 aromatic carbocycles. The second-order valence-electron chi connectivity index (χ2n) is 5.59. The molecule has 0 saturated carbocycles. The highest BCUT2D eigenvalue weighted by Crippen LogP contribution is 2.23. The number of hydrogen-bond donors (Lipinski definition) is 1. The first-order valence-corrected chi connectivity index (χ1v) is 5.65. The summed E-state index contributed by atoms with van der Waals surface area (Å²) in [6.07, 6.45) is 1.04. The number of carbonyl (C=O) groups is 1. The minimum absolute atomic E-state index is 0.166. The molecular weight excluding hydrogens is 192 g/mol. The van der Waals surface area contributed by atoms with Crippen molar-refractivity contribution < 1.29 is 9.53 Å². The summed E-state index contributed by atoms with van der Waals surface area (Å²) in [4.78, 5) is 13.6. The molecule has 2 fully saturated rings. The third kappa shape index (κ3) is 2.62. The molecule has 2 aliphatic rings. The molecule has 86 valence electrons. The summed E-state index contributed by atoms with van der Waals surface area (Å²) in [6.45, 7) is 8.40. The number of rotatable bonds is 0. The molecule has 4 nitrogen and oxygen atoms in total. The van der Waals surface area contributed by atoms with E-state index < -0.39 is 0 Å². The highest BCUT2D eigenvalue weighted by molar-refractivity contribution is 5.68. The van der Waals surface area contributed by atoms with Crippen molar-refractivity contribution in [3.63, 3.8) is 0 Å². The van der Waals surface area contributed by atoms with E-state index in [-0.39, 0.29) is 11.7 Å². The van der Waals surface area contributed by atoms with E-state index in [2.05, 4.69) is 5.32 Å². The Bertz CT molecular complexity index is 248. The van der Waals surface area contributed by atoms with Gasteiger partial charge in [-0.25, -0.2) is 4.79 Å². The fourth-order valence-corrected chi connectivity index (χ4v) is 2.31. The van der Waals surface area contributed by atoms with Crippen molar-refractivity contribution in [2.45, 2.75) is 38.8 Å². The van der Waals surface area contributed by atoms with Gasteiger partial charge in [-0.3, -0.25) is 0 Å². The van der Waals surface area contributed by atoms with Crippen molar-refractivity contribution in [1.29, 1.82) is 0 Å². The molecule has 2 bridgehead atoms. The Morgan fingerprint density at radius 3 is 2.73 bits per heavy atom. The van der Waals surface area contributed by atoms with Gasteiger partial charge in [-0.2, -0.15) is 0 Å². The Kier molecular flexibility index (Phi) is 2.63. The average molecular weight is 212 g/mol. The van der Waals surface area contributed by atoms with Crippen molar-refractivity contribution in [3.8, 4) is 0 Å². The number of likely N-dealkylation sites (tertiary alicyclic amines) is 1. The monoisotopic (exact) mass is 212 g/mol. The van der Waals surface area contributed by atoms with Crippen LogP contribution in [0.15, 0.2) is 0 Å². The zero-order valence-corrected chi connectivity index (χ0v) is 9.75. The van der Waals surface area contributed by atoms with Crippen LogP contribution >= 0.6 is 0 Å². The number of amides is 1. The number of nitrogens with zero attached hydrogens (tertiary/aromatic N) is 1. The molecule has 0 unspecified atom stereocenters. The Hall–Kier alpha value is -0.770. The zero-order chi connectivity index (χ0) is 11.1. The van der Waals surface area contributed by atoms with Crippen molar-refractivity contribution in [3.05, 3.63) is 0 Å². The lowest BCUT2D eigenvalue weighted by molar-refractivity contribution is 0.0183. The highest BCUT2D eigenvalue weighted by Gasteiger charge is 2.36. The number of nitrogens with one attached hydrogen (secondary N) is 1. The molecule has 2 aliphatic heterocycles. The predicted molar refractivity (Wildman–Crippen MR) is 57.7 cm³/mol. The van der Waals surface area contributed by atoms with Gasteiger partial charge in [0.25, 0.3) is 0 Å². The molecular formula is C11H20N2O2. The van der Waals surface area contributed by atoms with E-state index in [1.807, 2.05) is 25.7 Å². The van der Waals surface area contributed by atoms with E-state index in [9.17, 15) is 4.79 Å². The maximum absolute atomic E-state index is 11.8. The normalized spacial score (nSPS) is 30.5. The number of hydrogen-bond acceptors (Lipinski definition) is 3. The summed E-state index contributed by atoms with van der Waals surface area (Å²) in [7, 11) is 0. The number of fused-ring (bicyclic) bond motifs is 2. The number of carbonyl (C=O) groups excluding carboxylic acids is 1. The summed E-state index contributed by atoms with van der Waals surface area (Å²) >= 11 is 0. The first kappa shape index (κ1) is 10.7. The third-order valence-corrected chi connectivity index (χ3v) is 2.88. The van der Waals surface area contributed by atoms with Crippen LogP contribution in [0.2, 0.25) is 0 Å². The lowest BCUT2D eigenvalue weighted by atomic mass is 10.0. The van der Waals surface area contributed by atoms with Gasteiger partial charge in [-0.15, -0.1) is 0 Å². The second-order valence-corrected chi connectivity index (χ2v) is 5.59. The van der Waals surface area contributed by atoms with E-state index >= 15 is 0 Å². The summed E-state index contributed by atoms with van der Waals surface area (Å²) in [5.74, 6) is 0.622. The van der Waals surface area contributed by atoms with Crippen molar-refractivity contribution in [2.75, 3.05) is 19.6 Å². The SMILES string of the molecule is CC(C)(C)OC(=O)N1C[C@@H]2CN[C@@H](C2)C1. The minimum Gasteiger partial charge on any atom is -0.444 e. The van der Waals surface area contributed by atoms with Gasteiger partial charge in [0, 0.05) is 25.7 Å². The van der Waals surface area contributed by atoms with Crippen LogP contribution in [0.4, 0.5) is 4.79 Å². The first-order chi connectivity index (χ1) is 6.94. The zero-order valence-electron chi connectivity index (χ0n) is 9.75. The predicted octanol–water partition coefficient (Wildman–Crippen LogP) is 1.22. The molecule has 2 rings (SSSR count). The second kappa shape index (κ2) is 3.67. The van der Waals surface area contributed by atoms with Crippen LogP contribution in [-0.2, 0) is 4.74 Å². The standard InChI is InChI=1S/C11H20N2O2/c1-11(2,3)15-10(14)13-6-8-4-9(7-13)12-5-8/h8-9,12H,4-7H2,1-3H3/t8-,9-/m0/s1. The van der Waals surface area contributed by atoms with E-state index in [0.717, 1.165) is 19.6 Å². The Morgan fingerprint density at radius 2 is 2.13 bits per heavy atom. The summed E-state index contributed by atoms with van der Waals surface area (Å²) in [6, 6.07) is 0.483. The van der Waals surface area contributed by atoms with Gasteiger partial charge in [0.15, 0.2) is 0 Å². The first-order valence-electron chi connectivity index (χ1n) is 5.65. The van der Waals surface area contributed by atoms with Gasteiger partial charge < -0.3 is 15.0 Å². The Labute approximate surface area is 91.0 Å². The van der Waals surface area contributed by atoms with E-state index in [4.69, 9.17) is 4.74 Å². The molecule has 0 spiro atoms. The van der Waals surface area contributed by atoms with Gasteiger partial charge in [0.2, 0.25) is 0 Å². The van der Waals surface area contributed by atoms with E-state index in [0.29, 0.717) is 12.0 Å². The average Bonchev–Trinajstić information content (AvgIpc) is 2.42. The molecule has 2 heterocycles. The fraction of sp³-hybridized carbons (Fsp3) is 0.909. The Balaban J connectivity index is 1.91. The van der Waals surface area contributed by atoms with Crippen molar-refractivity contribution in [1.82, 2.24) is 10.2 Å². The lowest BCUT2D eigenvalue weighted by Crippen LogP contribution is -2.46. The van der Waals surface area contributed by atoms with Crippen LogP contribution in [0.1, 0.15) is 27.2 Å². The summed E-state index contributed by atoms with van der Waals surface area (Å²) in [5.41, 5.74) is -0.388. The lowest BCUT2D eigenvalue weighted by Gasteiger charge is -2.32. The molecule has 4 heteroatoms. The molecule has 2 atom stereocenters. The van der Waals surface area contributed by atoms with Crippen LogP contribution in [0.5, 0.6) is 0 Å². The molecule has 1 N–H and O–H groups in total. The highest BCUT2D eigenvalue weighted by atomic mass is 16.6. The van der Waals surface area contributed by atoms with Crippen LogP contribution < -0.4 is 5.32 Å². The van der Waals surface area contributed by atoms with Gasteiger partial charge in [0.1, 0.15) is 5.60 Å². The van der Waals surface area contributed by atoms with Crippen molar-refractivity contribution >= 4 is 6.09 Å². The summed E-state index contributed by atoms with van der Waals surface area (Å²) < 4.78 is 5.36. The van der Waals surface area contributed by atoms with Crippen LogP contribution in [0, 0.1) is 5.92 Å². The molecule has 1 amide bonds. The topological polar surface area (TPSA) is 41.6 Å². The fourth-order valence-electron chi connectivity index (χ4n) is 2.31. The van der Waals surface area contributed by atoms with E-state index in [1.54, 1.807) is 0 Å². The minimum atomic E-state index is -0.388. The van der Waals surface area contributed by atoms with Gasteiger partial charge in [0.05, 0.1) is 0 Å². The Morgan fingerprint density at radius 1 is 1.40 bits per heavy atom. The molecule has 2 saturated heterocycles. The molecule has 0 aromatic heterocycles. The van der Waals surface area contributed by atoms with Gasteiger partial charge in [-0.05, 0) is 33.1 Å². The largest absolute Gasteiger partial charge is 0.444 e. The maximum atomic E-state index is 11.8.